The number of hydrogen-bond acceptors (Lipinski definition) is 6. The predicted molar refractivity (Wildman–Crippen MR) is 141 cm³/mol. The highest BCUT2D eigenvalue weighted by Gasteiger charge is 2.27. The molecule has 0 saturated carbocycles. The van der Waals surface area contributed by atoms with Gasteiger partial charge in [0.1, 0.15) is 5.75 Å². The maximum absolute atomic E-state index is 13.6. The molecule has 3 aromatic carbocycles. The summed E-state index contributed by atoms with van der Waals surface area (Å²) in [6.07, 6.45) is 1.86. The van der Waals surface area contributed by atoms with Gasteiger partial charge in [0.25, 0.3) is 5.56 Å². The maximum atomic E-state index is 13.6. The standard InChI is InChI=1S/C28H28N2O6S/c1-3-5-16-25-26(31)29(22-14-10-7-11-15-22)30(27(25)36-37(33,34)4-2)23-17-19-24(20-18-23)35-28(32)21-12-8-6-9-13-21/h6-15,17-20H,3-5,16H2,1-2H3. The molecule has 8 nitrogen and oxygen atoms in total. The summed E-state index contributed by atoms with van der Waals surface area (Å²) in [7, 11) is -3.93. The highest BCUT2D eigenvalue weighted by Crippen LogP contribution is 2.28. The van der Waals surface area contributed by atoms with Crippen molar-refractivity contribution in [1.29, 1.82) is 0 Å². The summed E-state index contributed by atoms with van der Waals surface area (Å²) in [4.78, 5) is 26.1. The molecular formula is C28H28N2O6S. The van der Waals surface area contributed by atoms with Crippen LogP contribution in [-0.4, -0.2) is 29.5 Å². The van der Waals surface area contributed by atoms with Crippen molar-refractivity contribution in [3.63, 3.8) is 0 Å². The third kappa shape index (κ3) is 5.83. The van der Waals surface area contributed by atoms with Crippen LogP contribution in [0.5, 0.6) is 11.6 Å². The quantitative estimate of drug-likeness (QED) is 0.167. The van der Waals surface area contributed by atoms with Crippen LogP contribution in [0.25, 0.3) is 11.4 Å². The van der Waals surface area contributed by atoms with Crippen molar-refractivity contribution in [2.45, 2.75) is 33.1 Å². The lowest BCUT2D eigenvalue weighted by Crippen LogP contribution is -2.22. The van der Waals surface area contributed by atoms with E-state index in [1.165, 1.54) is 16.3 Å². The molecule has 9 heteroatoms. The average molecular weight is 521 g/mol. The fourth-order valence-corrected chi connectivity index (χ4v) is 4.32. The van der Waals surface area contributed by atoms with E-state index in [0.29, 0.717) is 35.5 Å². The van der Waals surface area contributed by atoms with Gasteiger partial charge < -0.3 is 8.92 Å². The Morgan fingerprint density at radius 2 is 1.41 bits per heavy atom. The van der Waals surface area contributed by atoms with E-state index in [2.05, 4.69) is 0 Å². The molecule has 4 rings (SSSR count). The van der Waals surface area contributed by atoms with E-state index in [1.807, 2.05) is 19.1 Å². The van der Waals surface area contributed by atoms with Crippen molar-refractivity contribution in [2.24, 2.45) is 0 Å². The monoisotopic (exact) mass is 520 g/mol. The Morgan fingerprint density at radius 1 is 0.811 bits per heavy atom. The van der Waals surface area contributed by atoms with Gasteiger partial charge in [0.15, 0.2) is 0 Å². The first-order chi connectivity index (χ1) is 17.8. The zero-order valence-electron chi connectivity index (χ0n) is 20.7. The van der Waals surface area contributed by atoms with E-state index < -0.39 is 16.1 Å². The molecule has 0 aliphatic carbocycles. The summed E-state index contributed by atoms with van der Waals surface area (Å²) in [6, 6.07) is 24.0. The van der Waals surface area contributed by atoms with Gasteiger partial charge >= 0.3 is 16.1 Å². The zero-order chi connectivity index (χ0) is 26.4. The molecule has 0 aliphatic heterocycles. The van der Waals surface area contributed by atoms with E-state index in [9.17, 15) is 18.0 Å². The van der Waals surface area contributed by atoms with Crippen LogP contribution in [0, 0.1) is 0 Å². The van der Waals surface area contributed by atoms with Crippen molar-refractivity contribution >= 4 is 16.1 Å². The van der Waals surface area contributed by atoms with Gasteiger partial charge in [0.05, 0.1) is 28.3 Å². The lowest BCUT2D eigenvalue weighted by Gasteiger charge is -2.16. The van der Waals surface area contributed by atoms with Crippen LogP contribution < -0.4 is 14.5 Å². The maximum Gasteiger partial charge on any atom is 0.343 e. The predicted octanol–water partition coefficient (Wildman–Crippen LogP) is 4.92. The van der Waals surface area contributed by atoms with Crippen LogP contribution in [0.3, 0.4) is 0 Å². The van der Waals surface area contributed by atoms with E-state index in [-0.39, 0.29) is 22.8 Å². The summed E-state index contributed by atoms with van der Waals surface area (Å²) in [5.41, 5.74) is 1.34. The summed E-state index contributed by atoms with van der Waals surface area (Å²) in [6.45, 7) is 3.47. The van der Waals surface area contributed by atoms with E-state index in [1.54, 1.807) is 72.8 Å². The largest absolute Gasteiger partial charge is 0.423 e. The molecule has 0 amide bonds. The van der Waals surface area contributed by atoms with Gasteiger partial charge in [0, 0.05) is 0 Å². The Bertz CT molecular complexity index is 1520. The molecule has 37 heavy (non-hydrogen) atoms. The fraction of sp³-hybridized carbons (Fsp3) is 0.214. The normalized spacial score (nSPS) is 11.3. The molecule has 0 aliphatic rings. The Balaban J connectivity index is 1.83. The van der Waals surface area contributed by atoms with E-state index in [4.69, 9.17) is 8.92 Å². The molecule has 0 radical (unpaired) electrons. The molecule has 0 unspecified atom stereocenters. The Labute approximate surface area is 215 Å². The van der Waals surface area contributed by atoms with Crippen molar-refractivity contribution in [3.05, 3.63) is 106 Å². The highest BCUT2D eigenvalue weighted by molar-refractivity contribution is 7.87. The second kappa shape index (κ2) is 11.3. The Hall–Kier alpha value is -4.11. The van der Waals surface area contributed by atoms with Gasteiger partial charge in [-0.05, 0) is 68.3 Å². The molecule has 192 valence electrons. The second-order valence-electron chi connectivity index (χ2n) is 8.33. The van der Waals surface area contributed by atoms with Gasteiger partial charge in [-0.2, -0.15) is 8.42 Å². The van der Waals surface area contributed by atoms with Gasteiger partial charge in [-0.25, -0.2) is 14.2 Å². The number of para-hydroxylation sites is 1. The molecule has 0 spiro atoms. The van der Waals surface area contributed by atoms with Crippen LogP contribution in [0.1, 0.15) is 42.6 Å². The summed E-state index contributed by atoms with van der Waals surface area (Å²) >= 11 is 0. The molecule has 1 aromatic heterocycles. The minimum Gasteiger partial charge on any atom is -0.423 e. The molecule has 0 N–H and O–H groups in total. The smallest absolute Gasteiger partial charge is 0.343 e. The van der Waals surface area contributed by atoms with Crippen LogP contribution in [-0.2, 0) is 16.5 Å². The molecule has 0 atom stereocenters. The van der Waals surface area contributed by atoms with Crippen LogP contribution in [0.2, 0.25) is 0 Å². The number of benzene rings is 3. The highest BCUT2D eigenvalue weighted by atomic mass is 32.2. The first-order valence-corrected chi connectivity index (χ1v) is 13.6. The van der Waals surface area contributed by atoms with Gasteiger partial charge in [-0.1, -0.05) is 49.7 Å². The van der Waals surface area contributed by atoms with Crippen LogP contribution in [0.4, 0.5) is 0 Å². The fourth-order valence-electron chi connectivity index (χ4n) is 3.79. The molecule has 4 aromatic rings. The van der Waals surface area contributed by atoms with Gasteiger partial charge in [0.2, 0.25) is 5.88 Å². The summed E-state index contributed by atoms with van der Waals surface area (Å²) in [5, 5.41) is 0. The topological polar surface area (TPSA) is 96.6 Å². The van der Waals surface area contributed by atoms with Crippen molar-refractivity contribution in [3.8, 4) is 23.0 Å². The third-order valence-electron chi connectivity index (χ3n) is 5.74. The number of unbranched alkanes of at least 4 members (excludes halogenated alkanes) is 1. The molecule has 0 fully saturated rings. The number of esters is 1. The zero-order valence-corrected chi connectivity index (χ0v) is 21.5. The first-order valence-electron chi connectivity index (χ1n) is 12.1. The first kappa shape index (κ1) is 26.0. The van der Waals surface area contributed by atoms with Crippen molar-refractivity contribution in [1.82, 2.24) is 9.36 Å². The van der Waals surface area contributed by atoms with E-state index >= 15 is 0 Å². The number of rotatable bonds is 10. The van der Waals surface area contributed by atoms with E-state index in [0.717, 1.165) is 6.42 Å². The number of ether oxygens (including phenoxy) is 1. The number of carbonyl (C=O) groups is 1. The Morgan fingerprint density at radius 3 is 2.00 bits per heavy atom. The third-order valence-corrected chi connectivity index (χ3v) is 6.86. The van der Waals surface area contributed by atoms with Crippen molar-refractivity contribution in [2.75, 3.05) is 5.75 Å². The summed E-state index contributed by atoms with van der Waals surface area (Å²) in [5.74, 6) is -0.499. The number of carbonyl (C=O) groups excluding carboxylic acids is 1. The SMILES string of the molecule is CCCCc1c(OS(=O)(=O)CC)n(-c2ccc(OC(=O)c3ccccc3)cc2)n(-c2ccccc2)c1=O. The minimum absolute atomic E-state index is 0.0433. The molecule has 1 heterocycles. The minimum atomic E-state index is -3.93. The molecule has 0 bridgehead atoms. The van der Waals surface area contributed by atoms with Gasteiger partial charge in [-0.15, -0.1) is 0 Å². The lowest BCUT2D eigenvalue weighted by atomic mass is 10.1. The number of nitrogens with zero attached hydrogens (tertiary/aromatic N) is 2. The van der Waals surface area contributed by atoms with Gasteiger partial charge in [-0.3, -0.25) is 4.79 Å². The number of hydrogen-bond donors (Lipinski definition) is 0. The second-order valence-corrected chi connectivity index (χ2v) is 10.2. The lowest BCUT2D eigenvalue weighted by molar-refractivity contribution is 0.0734. The molecule has 0 saturated heterocycles. The van der Waals surface area contributed by atoms with Crippen molar-refractivity contribution < 1.29 is 22.1 Å². The molecular weight excluding hydrogens is 492 g/mol. The summed E-state index contributed by atoms with van der Waals surface area (Å²) < 4.78 is 38.9. The number of aromatic nitrogens is 2. The van der Waals surface area contributed by atoms with Crippen LogP contribution >= 0.6 is 0 Å². The Kier molecular flexibility index (Phi) is 7.93. The average Bonchev–Trinajstić information content (AvgIpc) is 3.18. The van der Waals surface area contributed by atoms with Crippen LogP contribution in [0.15, 0.2) is 89.7 Å².